The van der Waals surface area contributed by atoms with Crippen LogP contribution in [0.3, 0.4) is 0 Å². The summed E-state index contributed by atoms with van der Waals surface area (Å²) < 4.78 is 35.3. The zero-order valence-corrected chi connectivity index (χ0v) is 16.3. The summed E-state index contributed by atoms with van der Waals surface area (Å²) in [5.41, 5.74) is 0.960. The second-order valence-electron chi connectivity index (χ2n) is 5.95. The molecular weight excluding hydrogens is 407 g/mol. The SMILES string of the molecule is Fc1ccc(OCc2nnc(SCc3cc(Cl)c4c(c3)OCCCO4)o2)cc1. The van der Waals surface area contributed by atoms with Crippen LogP contribution in [0.5, 0.6) is 17.2 Å². The van der Waals surface area contributed by atoms with Crippen LogP contribution in [0.2, 0.25) is 5.02 Å². The van der Waals surface area contributed by atoms with Gasteiger partial charge in [0.05, 0.1) is 18.2 Å². The molecule has 2 aromatic carbocycles. The molecule has 0 aliphatic carbocycles. The van der Waals surface area contributed by atoms with Gasteiger partial charge < -0.3 is 18.6 Å². The second-order valence-corrected chi connectivity index (χ2v) is 7.28. The van der Waals surface area contributed by atoms with Gasteiger partial charge in [-0.3, -0.25) is 0 Å². The van der Waals surface area contributed by atoms with Gasteiger partial charge in [-0.15, -0.1) is 10.2 Å². The first kappa shape index (κ1) is 18.9. The molecule has 0 spiro atoms. The molecule has 0 fully saturated rings. The van der Waals surface area contributed by atoms with Crippen molar-refractivity contribution < 1.29 is 23.0 Å². The highest BCUT2D eigenvalue weighted by molar-refractivity contribution is 7.98. The van der Waals surface area contributed by atoms with E-state index in [9.17, 15) is 4.39 Å². The van der Waals surface area contributed by atoms with Crippen molar-refractivity contribution in [3.05, 3.63) is 58.7 Å². The third-order valence-electron chi connectivity index (χ3n) is 3.85. The maximum absolute atomic E-state index is 12.9. The van der Waals surface area contributed by atoms with E-state index >= 15 is 0 Å². The number of hydrogen-bond donors (Lipinski definition) is 0. The lowest BCUT2D eigenvalue weighted by molar-refractivity contribution is 0.252. The minimum absolute atomic E-state index is 0.106. The summed E-state index contributed by atoms with van der Waals surface area (Å²) in [6, 6.07) is 9.48. The van der Waals surface area contributed by atoms with Crippen LogP contribution in [0, 0.1) is 5.82 Å². The van der Waals surface area contributed by atoms with Gasteiger partial charge in [0.1, 0.15) is 11.6 Å². The average Bonchev–Trinajstić information content (AvgIpc) is 3.01. The minimum atomic E-state index is -0.321. The summed E-state index contributed by atoms with van der Waals surface area (Å²) in [7, 11) is 0. The van der Waals surface area contributed by atoms with Crippen LogP contribution in [0.15, 0.2) is 46.0 Å². The lowest BCUT2D eigenvalue weighted by Gasteiger charge is -2.11. The van der Waals surface area contributed by atoms with Crippen molar-refractivity contribution in [3.63, 3.8) is 0 Å². The van der Waals surface area contributed by atoms with Gasteiger partial charge >= 0.3 is 0 Å². The zero-order chi connectivity index (χ0) is 19.3. The molecule has 6 nitrogen and oxygen atoms in total. The highest BCUT2D eigenvalue weighted by Crippen LogP contribution is 2.39. The third kappa shape index (κ3) is 4.69. The molecule has 1 aliphatic rings. The smallest absolute Gasteiger partial charge is 0.277 e. The molecule has 1 aromatic heterocycles. The van der Waals surface area contributed by atoms with Crippen molar-refractivity contribution in [3.8, 4) is 17.2 Å². The predicted molar refractivity (Wildman–Crippen MR) is 102 cm³/mol. The van der Waals surface area contributed by atoms with E-state index in [1.165, 1.54) is 36.0 Å². The Labute approximate surface area is 169 Å². The molecule has 2 heterocycles. The molecule has 0 radical (unpaired) electrons. The molecule has 9 heteroatoms. The maximum Gasteiger partial charge on any atom is 0.277 e. The molecule has 3 aromatic rings. The molecule has 0 saturated carbocycles. The number of fused-ring (bicyclic) bond motifs is 1. The number of ether oxygens (including phenoxy) is 3. The van der Waals surface area contributed by atoms with Crippen LogP contribution < -0.4 is 14.2 Å². The molecular formula is C19H16ClFN2O4S. The van der Waals surface area contributed by atoms with Crippen molar-refractivity contribution >= 4 is 23.4 Å². The van der Waals surface area contributed by atoms with Gasteiger partial charge in [-0.05, 0) is 42.0 Å². The highest BCUT2D eigenvalue weighted by Gasteiger charge is 2.16. The molecule has 0 bridgehead atoms. The van der Waals surface area contributed by atoms with Crippen molar-refractivity contribution in [1.82, 2.24) is 10.2 Å². The van der Waals surface area contributed by atoms with Gasteiger partial charge in [-0.25, -0.2) is 4.39 Å². The second kappa shape index (κ2) is 8.70. The Bertz CT molecular complexity index is 952. The van der Waals surface area contributed by atoms with E-state index in [0.717, 1.165) is 12.0 Å². The van der Waals surface area contributed by atoms with Crippen LogP contribution in [-0.4, -0.2) is 23.4 Å². The van der Waals surface area contributed by atoms with Crippen LogP contribution in [0.1, 0.15) is 17.9 Å². The summed E-state index contributed by atoms with van der Waals surface area (Å²) in [5, 5.41) is 8.89. The van der Waals surface area contributed by atoms with Gasteiger partial charge in [0, 0.05) is 12.2 Å². The van der Waals surface area contributed by atoms with Crippen LogP contribution in [0.25, 0.3) is 0 Å². The lowest BCUT2D eigenvalue weighted by Crippen LogP contribution is -1.97. The Morgan fingerprint density at radius 1 is 1.11 bits per heavy atom. The fourth-order valence-corrected chi connectivity index (χ4v) is 3.54. The number of halogens is 2. The topological polar surface area (TPSA) is 66.6 Å². The molecule has 1 aliphatic heterocycles. The average molecular weight is 423 g/mol. The molecule has 0 amide bonds. The monoisotopic (exact) mass is 422 g/mol. The fourth-order valence-electron chi connectivity index (χ4n) is 2.54. The summed E-state index contributed by atoms with van der Waals surface area (Å²) in [6.45, 7) is 1.29. The van der Waals surface area contributed by atoms with Crippen molar-refractivity contribution in [2.75, 3.05) is 13.2 Å². The van der Waals surface area contributed by atoms with Crippen molar-refractivity contribution in [2.24, 2.45) is 0 Å². The molecule has 146 valence electrons. The maximum atomic E-state index is 12.9. The van der Waals surface area contributed by atoms with E-state index < -0.39 is 0 Å². The Hall–Kier alpha value is -2.45. The first-order valence-corrected chi connectivity index (χ1v) is 9.95. The number of benzene rings is 2. The molecule has 0 N–H and O–H groups in total. The quantitative estimate of drug-likeness (QED) is 0.523. The number of aromatic nitrogens is 2. The fraction of sp³-hybridized carbons (Fsp3) is 0.263. The Morgan fingerprint density at radius 3 is 2.79 bits per heavy atom. The molecule has 0 unspecified atom stereocenters. The third-order valence-corrected chi connectivity index (χ3v) is 5.02. The van der Waals surface area contributed by atoms with E-state index in [1.54, 1.807) is 0 Å². The van der Waals surface area contributed by atoms with Crippen LogP contribution in [-0.2, 0) is 12.4 Å². The first-order valence-electron chi connectivity index (χ1n) is 8.59. The van der Waals surface area contributed by atoms with E-state index in [2.05, 4.69) is 10.2 Å². The summed E-state index contributed by atoms with van der Waals surface area (Å²) in [6.07, 6.45) is 0.819. The molecule has 0 atom stereocenters. The standard InChI is InChI=1S/C19H16ClFN2O4S/c20-15-8-12(9-16-18(15)25-7-1-6-24-16)11-28-19-23-22-17(27-19)10-26-14-4-2-13(21)3-5-14/h2-5,8-9H,1,6-7,10-11H2. The predicted octanol–water partition coefficient (Wildman–Crippen LogP) is 4.89. The van der Waals surface area contributed by atoms with Gasteiger partial charge in [-0.2, -0.15) is 0 Å². The van der Waals surface area contributed by atoms with Gasteiger partial charge in [-0.1, -0.05) is 23.4 Å². The lowest BCUT2D eigenvalue weighted by atomic mass is 10.2. The Morgan fingerprint density at radius 2 is 1.93 bits per heavy atom. The van der Waals surface area contributed by atoms with E-state index in [4.69, 9.17) is 30.2 Å². The zero-order valence-electron chi connectivity index (χ0n) is 14.7. The van der Waals surface area contributed by atoms with E-state index in [0.29, 0.717) is 52.4 Å². The van der Waals surface area contributed by atoms with E-state index in [1.807, 2.05) is 12.1 Å². The molecule has 0 saturated heterocycles. The summed E-state index contributed by atoms with van der Waals surface area (Å²) >= 11 is 7.69. The Kier molecular flexibility index (Phi) is 5.87. The minimum Gasteiger partial charge on any atom is -0.489 e. The first-order chi connectivity index (χ1) is 13.7. The van der Waals surface area contributed by atoms with Crippen LogP contribution in [0.4, 0.5) is 4.39 Å². The van der Waals surface area contributed by atoms with Gasteiger partial charge in [0.15, 0.2) is 18.1 Å². The largest absolute Gasteiger partial charge is 0.489 e. The van der Waals surface area contributed by atoms with Gasteiger partial charge in [0.2, 0.25) is 0 Å². The Balaban J connectivity index is 1.35. The molecule has 4 rings (SSSR count). The number of nitrogens with zero attached hydrogens (tertiary/aromatic N) is 2. The number of rotatable bonds is 6. The van der Waals surface area contributed by atoms with Crippen molar-refractivity contribution in [1.29, 1.82) is 0 Å². The van der Waals surface area contributed by atoms with E-state index in [-0.39, 0.29) is 12.4 Å². The number of hydrogen-bond acceptors (Lipinski definition) is 7. The highest BCUT2D eigenvalue weighted by atomic mass is 35.5. The van der Waals surface area contributed by atoms with Crippen LogP contribution >= 0.6 is 23.4 Å². The normalized spacial score (nSPS) is 13.2. The summed E-state index contributed by atoms with van der Waals surface area (Å²) in [4.78, 5) is 0. The number of thioether (sulfide) groups is 1. The summed E-state index contributed by atoms with van der Waals surface area (Å²) in [5.74, 6) is 2.36. The van der Waals surface area contributed by atoms with Gasteiger partial charge in [0.25, 0.3) is 11.1 Å². The van der Waals surface area contributed by atoms with Crippen molar-refractivity contribution in [2.45, 2.75) is 24.0 Å². The molecule has 28 heavy (non-hydrogen) atoms.